The maximum atomic E-state index is 4.06. The van der Waals surface area contributed by atoms with E-state index in [1.54, 1.807) is 0 Å². The van der Waals surface area contributed by atoms with Crippen molar-refractivity contribution in [3.05, 3.63) is 48.6 Å². The maximum absolute atomic E-state index is 4.06. The fourth-order valence-electron chi connectivity index (χ4n) is 1.13. The molecule has 0 saturated carbocycles. The summed E-state index contributed by atoms with van der Waals surface area (Å²) in [4.78, 5) is 0. The van der Waals surface area contributed by atoms with Crippen LogP contribution in [0.5, 0.6) is 0 Å². The highest BCUT2D eigenvalue weighted by Gasteiger charge is 1.96. The Bertz CT molecular complexity index is 216. The molecule has 0 bridgehead atoms. The first-order chi connectivity index (χ1) is 6.26. The summed E-state index contributed by atoms with van der Waals surface area (Å²) < 4.78 is 0. The minimum Gasteiger partial charge on any atom is -0.0990 e. The predicted molar refractivity (Wildman–Crippen MR) is 61.8 cm³/mol. The summed E-state index contributed by atoms with van der Waals surface area (Å²) in [6, 6.07) is 0. The minimum atomic E-state index is 1.08. The van der Waals surface area contributed by atoms with Gasteiger partial charge in [-0.15, -0.1) is 0 Å². The molecule has 0 unspecified atom stereocenters. The predicted octanol–water partition coefficient (Wildman–Crippen LogP) is 4.42. The Labute approximate surface area is 82.4 Å². The summed E-state index contributed by atoms with van der Waals surface area (Å²) in [7, 11) is 0. The third-order valence-corrected chi connectivity index (χ3v) is 1.88. The average molecular weight is 176 g/mol. The molecule has 0 aliphatic carbocycles. The smallest absolute Gasteiger partial charge is 0.0234 e. The molecule has 0 N–H and O–H groups in total. The highest BCUT2D eigenvalue weighted by Crippen LogP contribution is 2.16. The topological polar surface area (TPSA) is 0 Å². The highest BCUT2D eigenvalue weighted by molar-refractivity contribution is 5.39. The second-order valence-corrected chi connectivity index (χ2v) is 3.06. The Balaban J connectivity index is 4.29. The van der Waals surface area contributed by atoms with Gasteiger partial charge in [0.25, 0.3) is 0 Å². The second kappa shape index (κ2) is 7.60. The maximum Gasteiger partial charge on any atom is -0.0234 e. The van der Waals surface area contributed by atoms with Crippen LogP contribution in [0.4, 0.5) is 0 Å². The third kappa shape index (κ3) is 5.24. The molecule has 0 radical (unpaired) electrons. The molecule has 0 amide bonds. The molecule has 72 valence electrons. The van der Waals surface area contributed by atoms with E-state index in [9.17, 15) is 0 Å². The zero-order valence-corrected chi connectivity index (χ0v) is 8.84. The molecule has 0 nitrogen and oxygen atoms in total. The van der Waals surface area contributed by atoms with Gasteiger partial charge >= 0.3 is 0 Å². The Morgan fingerprint density at radius 2 is 2.08 bits per heavy atom. The Kier molecular flexibility index (Phi) is 6.99. The van der Waals surface area contributed by atoms with Gasteiger partial charge in [0, 0.05) is 0 Å². The van der Waals surface area contributed by atoms with E-state index in [0.717, 1.165) is 6.42 Å². The monoisotopic (exact) mass is 176 g/mol. The first kappa shape index (κ1) is 12.0. The first-order valence-electron chi connectivity index (χ1n) is 4.89. The summed E-state index contributed by atoms with van der Waals surface area (Å²) in [5.74, 6) is 0. The van der Waals surface area contributed by atoms with Gasteiger partial charge in [-0.3, -0.25) is 0 Å². The molecule has 0 heteroatoms. The molecule has 0 aliphatic rings. The molecule has 0 heterocycles. The third-order valence-electron chi connectivity index (χ3n) is 1.88. The molecular formula is C13H20. The molecule has 0 saturated heterocycles. The van der Waals surface area contributed by atoms with Crippen LogP contribution in [0.2, 0.25) is 0 Å². The van der Waals surface area contributed by atoms with Crippen molar-refractivity contribution in [1.29, 1.82) is 0 Å². The second-order valence-electron chi connectivity index (χ2n) is 3.06. The fraction of sp³-hybridized carbons (Fsp3) is 0.385. The van der Waals surface area contributed by atoms with Crippen molar-refractivity contribution in [3.8, 4) is 0 Å². The lowest BCUT2D eigenvalue weighted by Crippen LogP contribution is -1.85. The average Bonchev–Trinajstić information content (AvgIpc) is 2.14. The molecule has 0 rings (SSSR count). The van der Waals surface area contributed by atoms with Crippen LogP contribution in [0.25, 0.3) is 0 Å². The lowest BCUT2D eigenvalue weighted by molar-refractivity contribution is 0.795. The molecule has 13 heavy (non-hydrogen) atoms. The van der Waals surface area contributed by atoms with Crippen molar-refractivity contribution in [2.45, 2.75) is 33.1 Å². The van der Waals surface area contributed by atoms with Gasteiger partial charge in [-0.1, -0.05) is 50.8 Å². The standard InChI is InChI=1S/C13H20/c1-5-8-11-12(4)13(9-6-2)10-7-3/h6-7,9-10H,2,4-5,8,11H2,1,3H3. The zero-order chi connectivity index (χ0) is 10.1. The lowest BCUT2D eigenvalue weighted by Gasteiger charge is -2.04. The van der Waals surface area contributed by atoms with E-state index in [-0.39, 0.29) is 0 Å². The van der Waals surface area contributed by atoms with Crippen LogP contribution in [-0.4, -0.2) is 0 Å². The van der Waals surface area contributed by atoms with E-state index in [2.05, 4.69) is 26.2 Å². The molecule has 0 spiro atoms. The number of allylic oxidation sites excluding steroid dienone is 6. The molecule has 0 aromatic heterocycles. The van der Waals surface area contributed by atoms with Crippen LogP contribution in [0.3, 0.4) is 0 Å². The Morgan fingerprint density at radius 3 is 2.54 bits per heavy atom. The largest absolute Gasteiger partial charge is 0.0990 e. The van der Waals surface area contributed by atoms with Crippen molar-refractivity contribution < 1.29 is 0 Å². The van der Waals surface area contributed by atoms with E-state index in [4.69, 9.17) is 0 Å². The van der Waals surface area contributed by atoms with E-state index in [1.807, 2.05) is 25.2 Å². The van der Waals surface area contributed by atoms with Crippen LogP contribution in [-0.2, 0) is 0 Å². The van der Waals surface area contributed by atoms with E-state index >= 15 is 0 Å². The van der Waals surface area contributed by atoms with Crippen molar-refractivity contribution in [3.63, 3.8) is 0 Å². The van der Waals surface area contributed by atoms with Crippen LogP contribution in [0.15, 0.2) is 48.6 Å². The van der Waals surface area contributed by atoms with Crippen molar-refractivity contribution in [2.75, 3.05) is 0 Å². The van der Waals surface area contributed by atoms with Crippen molar-refractivity contribution >= 4 is 0 Å². The van der Waals surface area contributed by atoms with Crippen molar-refractivity contribution in [1.82, 2.24) is 0 Å². The molecule has 0 fully saturated rings. The zero-order valence-electron chi connectivity index (χ0n) is 8.84. The summed E-state index contributed by atoms with van der Waals surface area (Å²) in [5, 5.41) is 0. The van der Waals surface area contributed by atoms with Crippen LogP contribution in [0.1, 0.15) is 33.1 Å². The quantitative estimate of drug-likeness (QED) is 0.525. The van der Waals surface area contributed by atoms with Gasteiger partial charge in [0.05, 0.1) is 0 Å². The van der Waals surface area contributed by atoms with Gasteiger partial charge in [0.1, 0.15) is 0 Å². The first-order valence-corrected chi connectivity index (χ1v) is 4.89. The van der Waals surface area contributed by atoms with Gasteiger partial charge in [0.15, 0.2) is 0 Å². The number of rotatable bonds is 6. The van der Waals surface area contributed by atoms with Crippen molar-refractivity contribution in [2.24, 2.45) is 0 Å². The van der Waals surface area contributed by atoms with Crippen LogP contribution >= 0.6 is 0 Å². The summed E-state index contributed by atoms with van der Waals surface area (Å²) in [5.41, 5.74) is 2.41. The van der Waals surface area contributed by atoms with Gasteiger partial charge in [-0.2, -0.15) is 0 Å². The number of unbranched alkanes of at least 4 members (excludes halogenated alkanes) is 1. The van der Waals surface area contributed by atoms with E-state index in [0.29, 0.717) is 0 Å². The summed E-state index contributed by atoms with van der Waals surface area (Å²) >= 11 is 0. The minimum absolute atomic E-state index is 1.08. The van der Waals surface area contributed by atoms with E-state index in [1.165, 1.54) is 24.0 Å². The molecule has 0 aromatic rings. The number of hydrogen-bond acceptors (Lipinski definition) is 0. The van der Waals surface area contributed by atoms with Crippen LogP contribution < -0.4 is 0 Å². The summed E-state index contributed by atoms with van der Waals surface area (Å²) in [6.45, 7) is 12.0. The van der Waals surface area contributed by atoms with E-state index < -0.39 is 0 Å². The normalized spacial score (nSPS) is 12.0. The van der Waals surface area contributed by atoms with Gasteiger partial charge in [-0.05, 0) is 30.9 Å². The Morgan fingerprint density at radius 1 is 1.38 bits per heavy atom. The van der Waals surface area contributed by atoms with Gasteiger partial charge in [-0.25, -0.2) is 0 Å². The summed E-state index contributed by atoms with van der Waals surface area (Å²) in [6.07, 6.45) is 11.5. The molecular weight excluding hydrogens is 156 g/mol. The molecule has 0 atom stereocenters. The Hall–Kier alpha value is -1.04. The SMILES string of the molecule is C=CC=C(C=CC)C(=C)CCCC. The molecule has 0 aliphatic heterocycles. The fourth-order valence-corrected chi connectivity index (χ4v) is 1.13. The highest BCUT2D eigenvalue weighted by atomic mass is 14.0. The van der Waals surface area contributed by atoms with Gasteiger partial charge < -0.3 is 0 Å². The van der Waals surface area contributed by atoms with Gasteiger partial charge in [0.2, 0.25) is 0 Å². The lowest BCUT2D eigenvalue weighted by atomic mass is 10.0. The molecule has 0 aromatic carbocycles. The van der Waals surface area contributed by atoms with Crippen LogP contribution in [0, 0.1) is 0 Å². The number of hydrogen-bond donors (Lipinski definition) is 0.